The van der Waals surface area contributed by atoms with Crippen LogP contribution in [0.1, 0.15) is 5.56 Å². The highest BCUT2D eigenvalue weighted by atomic mass is 31.2. The maximum Gasteiger partial charge on any atom is 0.397 e. The average Bonchev–Trinajstić information content (AvgIpc) is 2.45. The first-order valence-electron chi connectivity index (χ1n) is 5.62. The summed E-state index contributed by atoms with van der Waals surface area (Å²) in [6.07, 6.45) is 0. The second-order valence-corrected chi connectivity index (χ2v) is 4.82. The summed E-state index contributed by atoms with van der Waals surface area (Å²) in [4.78, 5) is 0. The van der Waals surface area contributed by atoms with Gasteiger partial charge in [-0.25, -0.2) is 0 Å². The lowest BCUT2D eigenvalue weighted by atomic mass is 10.2. The van der Waals surface area contributed by atoms with Gasteiger partial charge in [0.2, 0.25) is 0 Å². The zero-order valence-corrected chi connectivity index (χ0v) is 11.0. The number of hydrogen-bond acceptors (Lipinski definition) is 3. The summed E-state index contributed by atoms with van der Waals surface area (Å²) in [7, 11) is 0.225. The zero-order chi connectivity index (χ0) is 12.6. The van der Waals surface area contributed by atoms with Crippen LogP contribution in [-0.2, 0) is 15.7 Å². The molecule has 3 nitrogen and oxygen atoms in total. The van der Waals surface area contributed by atoms with Gasteiger partial charge in [0.1, 0.15) is 5.75 Å². The first-order chi connectivity index (χ1) is 8.88. The first kappa shape index (κ1) is 13.0. The van der Waals surface area contributed by atoms with Gasteiger partial charge in [-0.2, -0.15) is 0 Å². The number of hydrogen-bond donors (Lipinski definition) is 0. The molecule has 0 radical (unpaired) electrons. The van der Waals surface area contributed by atoms with Gasteiger partial charge in [-0.1, -0.05) is 48.5 Å². The van der Waals surface area contributed by atoms with Crippen molar-refractivity contribution in [3.63, 3.8) is 0 Å². The van der Waals surface area contributed by atoms with Gasteiger partial charge in [-0.15, -0.1) is 0 Å². The van der Waals surface area contributed by atoms with E-state index < -0.39 is 8.60 Å². The summed E-state index contributed by atoms with van der Waals surface area (Å²) in [5.41, 5.74) is 1.10. The van der Waals surface area contributed by atoms with Gasteiger partial charge in [0.05, 0.1) is 6.61 Å². The first-order valence-corrected chi connectivity index (χ1v) is 6.72. The molecule has 18 heavy (non-hydrogen) atoms. The van der Waals surface area contributed by atoms with Crippen molar-refractivity contribution in [3.05, 3.63) is 66.2 Å². The summed E-state index contributed by atoms with van der Waals surface area (Å²) in [5, 5.41) is 0. The van der Waals surface area contributed by atoms with E-state index in [2.05, 4.69) is 0 Å². The van der Waals surface area contributed by atoms with Crippen molar-refractivity contribution in [2.45, 2.75) is 6.61 Å². The van der Waals surface area contributed by atoms with E-state index in [1.165, 1.54) is 0 Å². The molecule has 0 fully saturated rings. The van der Waals surface area contributed by atoms with E-state index in [9.17, 15) is 0 Å². The van der Waals surface area contributed by atoms with E-state index in [0.717, 1.165) is 11.3 Å². The smallest absolute Gasteiger partial charge is 0.397 e. The molecule has 0 bridgehead atoms. The van der Waals surface area contributed by atoms with E-state index in [0.29, 0.717) is 6.61 Å². The van der Waals surface area contributed by atoms with Crippen LogP contribution in [0, 0.1) is 0 Å². The number of benzene rings is 2. The monoisotopic (exact) mass is 262 g/mol. The number of para-hydroxylation sites is 1. The summed E-state index contributed by atoms with van der Waals surface area (Å²) >= 11 is 0. The van der Waals surface area contributed by atoms with Gasteiger partial charge < -0.3 is 9.05 Å². The quantitative estimate of drug-likeness (QED) is 0.732. The predicted molar refractivity (Wildman–Crippen MR) is 72.2 cm³/mol. The molecule has 0 saturated carbocycles. The van der Waals surface area contributed by atoms with Crippen molar-refractivity contribution in [2.24, 2.45) is 0 Å². The molecule has 4 heteroatoms. The Bertz CT molecular complexity index is 447. The van der Waals surface area contributed by atoms with Crippen molar-refractivity contribution < 1.29 is 13.6 Å². The maximum atomic E-state index is 5.61. The molecule has 0 heterocycles. The topological polar surface area (TPSA) is 27.7 Å². The van der Waals surface area contributed by atoms with E-state index in [-0.39, 0.29) is 0 Å². The molecule has 0 aliphatic rings. The minimum absolute atomic E-state index is 0.479. The Hall–Kier alpha value is -1.41. The maximum absolute atomic E-state index is 5.61. The lowest BCUT2D eigenvalue weighted by Crippen LogP contribution is -1.95. The Morgan fingerprint density at radius 3 is 2.11 bits per heavy atom. The van der Waals surface area contributed by atoms with Crippen LogP contribution in [0.15, 0.2) is 60.7 Å². The lowest BCUT2D eigenvalue weighted by molar-refractivity contribution is 0.226. The largest absolute Gasteiger partial charge is 0.427 e. The molecule has 2 rings (SSSR count). The van der Waals surface area contributed by atoms with Crippen molar-refractivity contribution in [1.29, 1.82) is 0 Å². The van der Waals surface area contributed by atoms with Gasteiger partial charge in [0.15, 0.2) is 0 Å². The fourth-order valence-corrected chi connectivity index (χ4v) is 2.17. The third-order valence-corrected chi connectivity index (χ3v) is 3.25. The van der Waals surface area contributed by atoms with E-state index in [4.69, 9.17) is 13.6 Å². The third-order valence-electron chi connectivity index (χ3n) is 2.25. The van der Waals surface area contributed by atoms with Gasteiger partial charge in [0, 0.05) is 7.11 Å². The SMILES string of the molecule is COP(OCc1ccccc1)Oc1ccccc1. The highest BCUT2D eigenvalue weighted by Gasteiger charge is 2.12. The Morgan fingerprint density at radius 2 is 1.50 bits per heavy atom. The van der Waals surface area contributed by atoms with Crippen LogP contribution in [0.25, 0.3) is 0 Å². The van der Waals surface area contributed by atoms with Gasteiger partial charge in [-0.3, -0.25) is 4.52 Å². The molecule has 2 aromatic rings. The van der Waals surface area contributed by atoms with Crippen LogP contribution in [0.3, 0.4) is 0 Å². The molecule has 0 aliphatic heterocycles. The molecule has 0 N–H and O–H groups in total. The summed E-state index contributed by atoms with van der Waals surface area (Å²) < 4.78 is 16.4. The minimum atomic E-state index is -1.36. The zero-order valence-electron chi connectivity index (χ0n) is 10.2. The molecule has 0 spiro atoms. The highest BCUT2D eigenvalue weighted by Crippen LogP contribution is 2.40. The third kappa shape index (κ3) is 4.11. The fraction of sp³-hybridized carbons (Fsp3) is 0.143. The molecule has 1 unspecified atom stereocenters. The summed E-state index contributed by atoms with van der Waals surface area (Å²) in [6, 6.07) is 19.5. The fourth-order valence-electron chi connectivity index (χ4n) is 1.39. The molecule has 0 aromatic heterocycles. The Morgan fingerprint density at radius 1 is 0.889 bits per heavy atom. The molecule has 0 amide bonds. The van der Waals surface area contributed by atoms with Crippen LogP contribution in [-0.4, -0.2) is 7.11 Å². The highest BCUT2D eigenvalue weighted by molar-refractivity contribution is 7.42. The molecule has 2 aromatic carbocycles. The van der Waals surface area contributed by atoms with Crippen molar-refractivity contribution in [1.82, 2.24) is 0 Å². The van der Waals surface area contributed by atoms with E-state index >= 15 is 0 Å². The van der Waals surface area contributed by atoms with Crippen LogP contribution >= 0.6 is 8.60 Å². The van der Waals surface area contributed by atoms with Gasteiger partial charge in [0.25, 0.3) is 0 Å². The second-order valence-electron chi connectivity index (χ2n) is 3.57. The van der Waals surface area contributed by atoms with Crippen LogP contribution in [0.2, 0.25) is 0 Å². The molecule has 1 atom stereocenters. The summed E-state index contributed by atoms with van der Waals surface area (Å²) in [5.74, 6) is 0.749. The molecule has 0 aliphatic carbocycles. The number of rotatable bonds is 6. The standard InChI is InChI=1S/C14H15O3P/c1-15-18(17-14-10-6-3-7-11-14)16-12-13-8-4-2-5-9-13/h2-11H,12H2,1H3. The molecular formula is C14H15O3P. The van der Waals surface area contributed by atoms with Crippen molar-refractivity contribution in [3.8, 4) is 5.75 Å². The van der Waals surface area contributed by atoms with Gasteiger partial charge >= 0.3 is 8.60 Å². The Kier molecular flexibility index (Phi) is 5.15. The van der Waals surface area contributed by atoms with Crippen LogP contribution < -0.4 is 4.52 Å². The summed E-state index contributed by atoms with van der Waals surface area (Å²) in [6.45, 7) is 0.479. The Balaban J connectivity index is 1.86. The lowest BCUT2D eigenvalue weighted by Gasteiger charge is -2.14. The van der Waals surface area contributed by atoms with Crippen LogP contribution in [0.5, 0.6) is 5.75 Å². The van der Waals surface area contributed by atoms with Crippen LogP contribution in [0.4, 0.5) is 0 Å². The average molecular weight is 262 g/mol. The van der Waals surface area contributed by atoms with Crippen molar-refractivity contribution >= 4 is 8.60 Å². The predicted octanol–water partition coefficient (Wildman–Crippen LogP) is 4.16. The normalized spacial score (nSPS) is 12.1. The minimum Gasteiger partial charge on any atom is -0.427 e. The Labute approximate surface area is 108 Å². The molecular weight excluding hydrogens is 247 g/mol. The van der Waals surface area contributed by atoms with E-state index in [1.54, 1.807) is 7.11 Å². The molecule has 94 valence electrons. The van der Waals surface area contributed by atoms with E-state index in [1.807, 2.05) is 60.7 Å². The van der Waals surface area contributed by atoms with Gasteiger partial charge in [-0.05, 0) is 17.7 Å². The second kappa shape index (κ2) is 7.12. The molecule has 0 saturated heterocycles. The van der Waals surface area contributed by atoms with Crippen molar-refractivity contribution in [2.75, 3.05) is 7.11 Å².